The summed E-state index contributed by atoms with van der Waals surface area (Å²) in [5.41, 5.74) is 7.61. The number of ether oxygens (including phenoxy) is 1. The molecule has 0 unspecified atom stereocenters. The van der Waals surface area contributed by atoms with Crippen LogP contribution in [-0.4, -0.2) is 56.0 Å². The Morgan fingerprint density at radius 2 is 1.88 bits per heavy atom. The maximum atomic E-state index is 12.8. The van der Waals surface area contributed by atoms with E-state index in [1.165, 1.54) is 4.31 Å². The molecule has 0 saturated carbocycles. The topological polar surface area (TPSA) is 88.8 Å². The number of hydrogen-bond donors (Lipinski definition) is 1. The van der Waals surface area contributed by atoms with E-state index in [0.29, 0.717) is 50.1 Å². The number of nitrogens with zero attached hydrogens (tertiary/aromatic N) is 3. The van der Waals surface area contributed by atoms with Crippen molar-refractivity contribution in [3.63, 3.8) is 0 Å². The van der Waals surface area contributed by atoms with Crippen LogP contribution in [0.4, 0.5) is 5.82 Å². The average Bonchev–Trinajstić information content (AvgIpc) is 2.64. The van der Waals surface area contributed by atoms with Gasteiger partial charge in [-0.1, -0.05) is 18.2 Å². The second kappa shape index (κ2) is 8.13. The molecule has 0 spiro atoms. The Morgan fingerprint density at radius 1 is 1.15 bits per heavy atom. The van der Waals surface area contributed by atoms with Crippen molar-refractivity contribution in [3.05, 3.63) is 53.7 Å². The molecule has 1 aromatic carbocycles. The molecule has 0 radical (unpaired) electrons. The van der Waals surface area contributed by atoms with Crippen molar-refractivity contribution in [2.24, 2.45) is 0 Å². The second-order valence-electron chi connectivity index (χ2n) is 6.43. The normalized spacial score (nSPS) is 16.1. The molecule has 26 heavy (non-hydrogen) atoms. The molecule has 1 saturated heterocycles. The summed E-state index contributed by atoms with van der Waals surface area (Å²) in [4.78, 5) is 6.53. The van der Waals surface area contributed by atoms with E-state index in [0.717, 1.165) is 11.1 Å². The summed E-state index contributed by atoms with van der Waals surface area (Å²) in [5, 5.41) is 0. The van der Waals surface area contributed by atoms with Gasteiger partial charge in [-0.25, -0.2) is 13.4 Å². The van der Waals surface area contributed by atoms with Crippen LogP contribution in [0.3, 0.4) is 0 Å². The van der Waals surface area contributed by atoms with E-state index in [1.807, 2.05) is 19.2 Å². The van der Waals surface area contributed by atoms with Crippen molar-refractivity contribution in [2.45, 2.75) is 18.0 Å². The molecule has 0 amide bonds. The quantitative estimate of drug-likeness (QED) is 0.818. The van der Waals surface area contributed by atoms with Crippen molar-refractivity contribution >= 4 is 15.8 Å². The fourth-order valence-electron chi connectivity index (χ4n) is 2.95. The number of nitrogens with two attached hydrogens (primary N) is 1. The van der Waals surface area contributed by atoms with Crippen LogP contribution in [0.2, 0.25) is 0 Å². The number of benzene rings is 1. The summed E-state index contributed by atoms with van der Waals surface area (Å²) in [6.45, 7) is 3.02. The van der Waals surface area contributed by atoms with Gasteiger partial charge in [0.15, 0.2) is 0 Å². The minimum atomic E-state index is -3.47. The third-order valence-electron chi connectivity index (χ3n) is 4.26. The number of aromatic nitrogens is 1. The molecule has 8 heteroatoms. The Hall–Kier alpha value is -2.00. The zero-order chi connectivity index (χ0) is 18.6. The minimum Gasteiger partial charge on any atom is -0.384 e. The van der Waals surface area contributed by atoms with Crippen molar-refractivity contribution in [1.29, 1.82) is 0 Å². The number of hydrogen-bond acceptors (Lipinski definition) is 6. The SMILES string of the molecule is CN(Cc1ccc(N)nc1)Cc1cccc(S(=O)(=O)N2CCOCC2)c1. The summed E-state index contributed by atoms with van der Waals surface area (Å²) in [5.74, 6) is 0.498. The van der Waals surface area contributed by atoms with Gasteiger partial charge in [-0.15, -0.1) is 0 Å². The maximum Gasteiger partial charge on any atom is 0.243 e. The largest absolute Gasteiger partial charge is 0.384 e. The van der Waals surface area contributed by atoms with E-state index in [-0.39, 0.29) is 0 Å². The van der Waals surface area contributed by atoms with Crippen LogP contribution in [0.25, 0.3) is 0 Å². The fraction of sp³-hybridized carbons (Fsp3) is 0.389. The summed E-state index contributed by atoms with van der Waals surface area (Å²) in [6.07, 6.45) is 1.76. The van der Waals surface area contributed by atoms with Gasteiger partial charge in [0.1, 0.15) is 5.82 Å². The predicted molar refractivity (Wildman–Crippen MR) is 99.8 cm³/mol. The summed E-state index contributed by atoms with van der Waals surface area (Å²) >= 11 is 0. The van der Waals surface area contributed by atoms with E-state index < -0.39 is 10.0 Å². The van der Waals surface area contributed by atoms with Crippen molar-refractivity contribution in [1.82, 2.24) is 14.2 Å². The molecule has 7 nitrogen and oxygen atoms in total. The standard InChI is InChI=1S/C18H24N4O3S/c1-21(14-16-5-6-18(19)20-12-16)13-15-3-2-4-17(11-15)26(23,24)22-7-9-25-10-8-22/h2-6,11-12H,7-10,13-14H2,1H3,(H2,19,20). The van der Waals surface area contributed by atoms with Crippen LogP contribution in [0.1, 0.15) is 11.1 Å². The predicted octanol–water partition coefficient (Wildman–Crippen LogP) is 1.32. The molecule has 1 fully saturated rings. The molecule has 1 aliphatic heterocycles. The average molecular weight is 376 g/mol. The molecule has 3 rings (SSSR count). The van der Waals surface area contributed by atoms with Gasteiger partial charge in [0.05, 0.1) is 18.1 Å². The number of morpholine rings is 1. The lowest BCUT2D eigenvalue weighted by Gasteiger charge is -2.26. The molecule has 2 heterocycles. The summed E-state index contributed by atoms with van der Waals surface area (Å²) in [7, 11) is -1.49. The molecular weight excluding hydrogens is 352 g/mol. The first kappa shape index (κ1) is 18.8. The zero-order valence-corrected chi connectivity index (χ0v) is 15.7. The van der Waals surface area contributed by atoms with Gasteiger partial charge in [-0.2, -0.15) is 4.31 Å². The van der Waals surface area contributed by atoms with E-state index in [4.69, 9.17) is 10.5 Å². The van der Waals surface area contributed by atoms with Crippen LogP contribution in [0, 0.1) is 0 Å². The Kier molecular flexibility index (Phi) is 5.87. The van der Waals surface area contributed by atoms with E-state index in [9.17, 15) is 8.42 Å². The third kappa shape index (κ3) is 4.59. The molecule has 2 N–H and O–H groups in total. The number of pyridine rings is 1. The van der Waals surface area contributed by atoms with Crippen molar-refractivity contribution < 1.29 is 13.2 Å². The first-order valence-electron chi connectivity index (χ1n) is 8.51. The highest BCUT2D eigenvalue weighted by Gasteiger charge is 2.26. The molecule has 1 aliphatic rings. The van der Waals surface area contributed by atoms with Gasteiger partial charge in [-0.3, -0.25) is 4.90 Å². The summed E-state index contributed by atoms with van der Waals surface area (Å²) in [6, 6.07) is 10.9. The highest BCUT2D eigenvalue weighted by molar-refractivity contribution is 7.89. The molecule has 0 bridgehead atoms. The van der Waals surface area contributed by atoms with Gasteiger partial charge in [0.25, 0.3) is 0 Å². The van der Waals surface area contributed by atoms with E-state index in [1.54, 1.807) is 30.5 Å². The molecule has 0 aliphatic carbocycles. The molecule has 1 aromatic heterocycles. The Balaban J connectivity index is 1.69. The first-order valence-corrected chi connectivity index (χ1v) is 9.95. The van der Waals surface area contributed by atoms with Gasteiger partial charge in [0, 0.05) is 32.4 Å². The van der Waals surface area contributed by atoms with E-state index in [2.05, 4.69) is 9.88 Å². The van der Waals surface area contributed by atoms with Gasteiger partial charge < -0.3 is 10.5 Å². The lowest BCUT2D eigenvalue weighted by atomic mass is 10.2. The lowest BCUT2D eigenvalue weighted by molar-refractivity contribution is 0.0730. The zero-order valence-electron chi connectivity index (χ0n) is 14.8. The summed E-state index contributed by atoms with van der Waals surface area (Å²) < 4.78 is 32.3. The van der Waals surface area contributed by atoms with E-state index >= 15 is 0 Å². The van der Waals surface area contributed by atoms with Crippen LogP contribution >= 0.6 is 0 Å². The molecule has 2 aromatic rings. The Labute approximate surface area is 154 Å². The highest BCUT2D eigenvalue weighted by Crippen LogP contribution is 2.19. The minimum absolute atomic E-state index is 0.333. The number of sulfonamides is 1. The number of anilines is 1. The lowest BCUT2D eigenvalue weighted by Crippen LogP contribution is -2.40. The van der Waals surface area contributed by atoms with Crippen LogP contribution in [0.5, 0.6) is 0 Å². The Bertz CT molecular complexity index is 834. The monoisotopic (exact) mass is 376 g/mol. The molecule has 140 valence electrons. The van der Waals surface area contributed by atoms with Crippen molar-refractivity contribution in [3.8, 4) is 0 Å². The van der Waals surface area contributed by atoms with Gasteiger partial charge in [-0.05, 0) is 36.4 Å². The first-order chi connectivity index (χ1) is 12.4. The maximum absolute atomic E-state index is 12.8. The second-order valence-corrected chi connectivity index (χ2v) is 8.37. The molecule has 0 atom stereocenters. The highest BCUT2D eigenvalue weighted by atomic mass is 32.2. The van der Waals surface area contributed by atoms with Crippen molar-refractivity contribution in [2.75, 3.05) is 39.1 Å². The smallest absolute Gasteiger partial charge is 0.243 e. The Morgan fingerprint density at radius 3 is 2.58 bits per heavy atom. The molecular formula is C18H24N4O3S. The number of rotatable bonds is 6. The van der Waals surface area contributed by atoms with Crippen LogP contribution in [-0.2, 0) is 27.8 Å². The van der Waals surface area contributed by atoms with Crippen LogP contribution in [0.15, 0.2) is 47.5 Å². The fourth-order valence-corrected chi connectivity index (χ4v) is 4.43. The van der Waals surface area contributed by atoms with Crippen LogP contribution < -0.4 is 5.73 Å². The van der Waals surface area contributed by atoms with Gasteiger partial charge >= 0.3 is 0 Å². The third-order valence-corrected chi connectivity index (χ3v) is 6.15. The van der Waals surface area contributed by atoms with Gasteiger partial charge in [0.2, 0.25) is 10.0 Å². The number of nitrogen functional groups attached to an aromatic ring is 1.